The summed E-state index contributed by atoms with van der Waals surface area (Å²) in [5.41, 5.74) is 0. The van der Waals surface area contributed by atoms with E-state index in [2.05, 4.69) is 42.4 Å². The van der Waals surface area contributed by atoms with Crippen molar-refractivity contribution in [3.05, 3.63) is 0 Å². The van der Waals surface area contributed by atoms with Crippen molar-refractivity contribution in [3.63, 3.8) is 0 Å². The molecular formula is C14H33InN2. The predicted octanol–water partition coefficient (Wildman–Crippen LogP) is 3.18. The van der Waals surface area contributed by atoms with Crippen molar-refractivity contribution in [1.29, 1.82) is 0 Å². The molecule has 0 saturated heterocycles. The SMILES string of the molecule is CCCN(CC)CC[CH2][In]([CH3])[CH2]CCN(C)C. The van der Waals surface area contributed by atoms with Gasteiger partial charge in [-0.05, 0) is 0 Å². The van der Waals surface area contributed by atoms with Crippen molar-refractivity contribution in [3.8, 4) is 0 Å². The third-order valence-electron chi connectivity index (χ3n) is 3.46. The van der Waals surface area contributed by atoms with Gasteiger partial charge in [0.1, 0.15) is 0 Å². The first-order valence-electron chi connectivity index (χ1n) is 7.47. The maximum atomic E-state index is 2.62. The van der Waals surface area contributed by atoms with E-state index in [1.807, 2.05) is 0 Å². The summed E-state index contributed by atoms with van der Waals surface area (Å²) in [5, 5.41) is 0. The first-order chi connectivity index (χ1) is 8.10. The Labute approximate surface area is 117 Å². The Morgan fingerprint density at radius 3 is 1.94 bits per heavy atom. The predicted molar refractivity (Wildman–Crippen MR) is 81.4 cm³/mol. The summed E-state index contributed by atoms with van der Waals surface area (Å²) in [6, 6.07) is 0. The van der Waals surface area contributed by atoms with E-state index in [0.29, 0.717) is 0 Å². The Hall–Kier alpha value is 0.790. The van der Waals surface area contributed by atoms with Crippen LogP contribution in [0.2, 0.25) is 13.0 Å². The topological polar surface area (TPSA) is 6.48 Å². The van der Waals surface area contributed by atoms with Crippen LogP contribution in [0.3, 0.4) is 0 Å². The molecule has 0 heterocycles. The zero-order chi connectivity index (χ0) is 13.1. The van der Waals surface area contributed by atoms with Crippen molar-refractivity contribution in [2.75, 3.05) is 40.3 Å². The molecule has 0 fully saturated rings. The van der Waals surface area contributed by atoms with Gasteiger partial charge in [-0.15, -0.1) is 0 Å². The second-order valence-electron chi connectivity index (χ2n) is 5.63. The van der Waals surface area contributed by atoms with Crippen molar-refractivity contribution >= 4 is 21.4 Å². The van der Waals surface area contributed by atoms with Crippen LogP contribution in [0.15, 0.2) is 0 Å². The molecule has 0 aromatic rings. The van der Waals surface area contributed by atoms with Crippen molar-refractivity contribution in [2.24, 2.45) is 0 Å². The summed E-state index contributed by atoms with van der Waals surface area (Å²) >= 11 is -1.07. The van der Waals surface area contributed by atoms with E-state index in [4.69, 9.17) is 0 Å². The fourth-order valence-corrected chi connectivity index (χ4v) is 8.15. The van der Waals surface area contributed by atoms with Crippen LogP contribution < -0.4 is 0 Å². The Balaban J connectivity index is 3.45. The van der Waals surface area contributed by atoms with E-state index in [-0.39, 0.29) is 0 Å². The molecule has 0 aromatic carbocycles. The molecule has 0 bridgehead atoms. The number of hydrogen-bond acceptors (Lipinski definition) is 2. The summed E-state index contributed by atoms with van der Waals surface area (Å²) in [6.07, 6.45) is 4.21. The second-order valence-corrected chi connectivity index (χ2v) is 15.2. The van der Waals surface area contributed by atoms with Crippen LogP contribution in [-0.2, 0) is 0 Å². The van der Waals surface area contributed by atoms with Gasteiger partial charge in [-0.1, -0.05) is 0 Å². The number of nitrogens with zero attached hydrogens (tertiary/aromatic N) is 2. The van der Waals surface area contributed by atoms with Crippen molar-refractivity contribution < 1.29 is 0 Å². The Morgan fingerprint density at radius 2 is 1.47 bits per heavy atom. The van der Waals surface area contributed by atoms with Gasteiger partial charge in [0.25, 0.3) is 0 Å². The van der Waals surface area contributed by atoms with Crippen LogP contribution in [0.25, 0.3) is 0 Å². The second kappa shape index (κ2) is 11.9. The van der Waals surface area contributed by atoms with E-state index in [1.165, 1.54) is 45.4 Å². The Bertz CT molecular complexity index is 162. The van der Waals surface area contributed by atoms with Gasteiger partial charge in [-0.25, -0.2) is 0 Å². The van der Waals surface area contributed by atoms with Gasteiger partial charge in [0, 0.05) is 0 Å². The van der Waals surface area contributed by atoms with Crippen LogP contribution >= 0.6 is 0 Å². The molecular weight excluding hydrogens is 311 g/mol. The van der Waals surface area contributed by atoms with E-state index >= 15 is 0 Å². The van der Waals surface area contributed by atoms with E-state index in [1.54, 1.807) is 8.35 Å². The van der Waals surface area contributed by atoms with Crippen LogP contribution in [0.1, 0.15) is 33.1 Å². The molecule has 0 rings (SSSR count). The molecule has 0 spiro atoms. The maximum absolute atomic E-state index is 2.62. The van der Waals surface area contributed by atoms with Crippen LogP contribution in [-0.4, -0.2) is 71.5 Å². The molecule has 0 aliphatic heterocycles. The molecule has 0 atom stereocenters. The average molecular weight is 344 g/mol. The normalized spacial score (nSPS) is 11.5. The van der Waals surface area contributed by atoms with Crippen LogP contribution in [0.4, 0.5) is 0 Å². The van der Waals surface area contributed by atoms with Crippen molar-refractivity contribution in [2.45, 2.75) is 46.1 Å². The van der Waals surface area contributed by atoms with Gasteiger partial charge in [0.05, 0.1) is 0 Å². The molecule has 17 heavy (non-hydrogen) atoms. The fourth-order valence-electron chi connectivity index (χ4n) is 2.31. The van der Waals surface area contributed by atoms with Gasteiger partial charge >= 0.3 is 118 Å². The molecule has 0 aliphatic rings. The van der Waals surface area contributed by atoms with Gasteiger partial charge in [-0.3, -0.25) is 0 Å². The standard InChI is InChI=1S/C8H18N.C5H12N.CH3.In/c1-4-7-9(6-3)8-5-2;1-4-5-6(2)3;;/h1,4-8H2,2-3H3;1,4-5H2,2-3H3;1H3;. The zero-order valence-electron chi connectivity index (χ0n) is 12.8. The summed E-state index contributed by atoms with van der Waals surface area (Å²) in [5.74, 6) is 0. The summed E-state index contributed by atoms with van der Waals surface area (Å²) < 4.78 is 5.82. The fraction of sp³-hybridized carbons (Fsp3) is 1.00. The van der Waals surface area contributed by atoms with Crippen LogP contribution in [0, 0.1) is 0 Å². The number of hydrogen-bond donors (Lipinski definition) is 0. The minimum atomic E-state index is -1.07. The molecule has 0 amide bonds. The Kier molecular flexibility index (Phi) is 12.4. The third-order valence-corrected chi connectivity index (χ3v) is 11.4. The molecule has 0 aromatic heterocycles. The third kappa shape index (κ3) is 11.6. The number of rotatable bonds is 11. The average Bonchev–Trinajstić information content (AvgIpc) is 2.27. The quantitative estimate of drug-likeness (QED) is 0.568. The molecule has 0 saturated carbocycles. The summed E-state index contributed by atoms with van der Waals surface area (Å²) in [7, 11) is 4.37. The Morgan fingerprint density at radius 1 is 0.882 bits per heavy atom. The van der Waals surface area contributed by atoms with E-state index in [9.17, 15) is 0 Å². The molecule has 0 radical (unpaired) electrons. The molecule has 0 aliphatic carbocycles. The van der Waals surface area contributed by atoms with Crippen molar-refractivity contribution in [1.82, 2.24) is 9.80 Å². The monoisotopic (exact) mass is 344 g/mol. The van der Waals surface area contributed by atoms with Gasteiger partial charge < -0.3 is 0 Å². The first kappa shape index (κ1) is 17.8. The van der Waals surface area contributed by atoms with E-state index in [0.717, 1.165) is 0 Å². The molecule has 3 heteroatoms. The van der Waals surface area contributed by atoms with Gasteiger partial charge in [-0.2, -0.15) is 0 Å². The van der Waals surface area contributed by atoms with Gasteiger partial charge in [0.15, 0.2) is 0 Å². The van der Waals surface area contributed by atoms with Crippen LogP contribution in [0.5, 0.6) is 0 Å². The molecule has 0 unspecified atom stereocenters. The molecule has 2 nitrogen and oxygen atoms in total. The molecule has 0 N–H and O–H groups in total. The minimum absolute atomic E-state index is 1.07. The molecule has 102 valence electrons. The van der Waals surface area contributed by atoms with Gasteiger partial charge in [0.2, 0.25) is 0 Å². The zero-order valence-corrected chi connectivity index (χ0v) is 16.1. The van der Waals surface area contributed by atoms with E-state index < -0.39 is 21.4 Å². The first-order valence-corrected chi connectivity index (χ1v) is 15.4. The summed E-state index contributed by atoms with van der Waals surface area (Å²) in [4.78, 5) is 4.93. The summed E-state index contributed by atoms with van der Waals surface area (Å²) in [6.45, 7) is 9.74.